The second-order valence-electron chi connectivity index (χ2n) is 7.87. The van der Waals surface area contributed by atoms with Crippen molar-refractivity contribution in [3.05, 3.63) is 94.8 Å². The molecule has 1 aliphatic heterocycles. The normalized spacial score (nSPS) is 14.6. The van der Waals surface area contributed by atoms with Gasteiger partial charge in [-0.05, 0) is 55.3 Å². The molecular weight excluding hydrogens is 438 g/mol. The predicted molar refractivity (Wildman–Crippen MR) is 127 cm³/mol. The molecular formula is C26H24F2N4O2. The van der Waals surface area contributed by atoms with E-state index in [1.807, 2.05) is 6.08 Å². The Morgan fingerprint density at radius 2 is 1.91 bits per heavy atom. The average Bonchev–Trinajstić information content (AvgIpc) is 3.26. The first-order chi connectivity index (χ1) is 16.4. The summed E-state index contributed by atoms with van der Waals surface area (Å²) in [7, 11) is 0. The fraction of sp³-hybridized carbons (Fsp3) is 0.192. The summed E-state index contributed by atoms with van der Waals surface area (Å²) in [6.45, 7) is 3.85. The Bertz CT molecular complexity index is 1250. The topological polar surface area (TPSA) is 75.6 Å². The van der Waals surface area contributed by atoms with Crippen molar-refractivity contribution < 1.29 is 18.3 Å². The average molecular weight is 463 g/mol. The maximum atomic E-state index is 13.4. The number of ether oxygens (including phenoxy) is 1. The first-order valence-corrected chi connectivity index (χ1v) is 10.9. The Balaban J connectivity index is 1.45. The van der Waals surface area contributed by atoms with Crippen molar-refractivity contribution in [3.8, 4) is 11.5 Å². The molecule has 0 bridgehead atoms. The van der Waals surface area contributed by atoms with Crippen molar-refractivity contribution in [2.75, 3.05) is 5.32 Å². The highest BCUT2D eigenvalue weighted by Crippen LogP contribution is 2.28. The Hall–Kier alpha value is -4.07. The molecule has 0 radical (unpaired) electrons. The van der Waals surface area contributed by atoms with E-state index < -0.39 is 11.6 Å². The third kappa shape index (κ3) is 5.64. The van der Waals surface area contributed by atoms with Gasteiger partial charge in [0.05, 0.1) is 11.7 Å². The highest BCUT2D eigenvalue weighted by Gasteiger charge is 2.14. The maximum absolute atomic E-state index is 13.4. The number of pyridine rings is 1. The number of anilines is 1. The molecule has 3 aromatic rings. The van der Waals surface area contributed by atoms with E-state index in [1.54, 1.807) is 49.7 Å². The zero-order valence-electron chi connectivity index (χ0n) is 18.8. The van der Waals surface area contributed by atoms with E-state index in [0.717, 1.165) is 18.2 Å². The van der Waals surface area contributed by atoms with E-state index in [2.05, 4.69) is 27.5 Å². The second kappa shape index (κ2) is 10.2. The van der Waals surface area contributed by atoms with Gasteiger partial charge in [0.25, 0.3) is 5.91 Å². The second-order valence-corrected chi connectivity index (χ2v) is 7.87. The number of carbonyl (C=O) groups excluding carboxylic acids is 1. The molecule has 1 aromatic heterocycles. The molecule has 0 saturated carbocycles. The van der Waals surface area contributed by atoms with Crippen LogP contribution in [0.3, 0.4) is 0 Å². The number of nitrogens with zero attached hydrogens (tertiary/aromatic N) is 2. The summed E-state index contributed by atoms with van der Waals surface area (Å²) in [4.78, 5) is 21.4. The number of nitrogens with one attached hydrogen (secondary N) is 2. The largest absolute Gasteiger partial charge is 0.457 e. The molecule has 0 fully saturated rings. The van der Waals surface area contributed by atoms with Gasteiger partial charge in [-0.15, -0.1) is 0 Å². The van der Waals surface area contributed by atoms with Gasteiger partial charge < -0.3 is 15.4 Å². The van der Waals surface area contributed by atoms with Crippen LogP contribution in [-0.4, -0.2) is 23.1 Å². The van der Waals surface area contributed by atoms with Gasteiger partial charge in [0.1, 0.15) is 29.0 Å². The van der Waals surface area contributed by atoms with Gasteiger partial charge in [0, 0.05) is 42.2 Å². The lowest BCUT2D eigenvalue weighted by molar-refractivity contribution is 0.0950. The Morgan fingerprint density at radius 3 is 2.65 bits per heavy atom. The van der Waals surface area contributed by atoms with Crippen LogP contribution in [-0.2, 0) is 6.54 Å². The zero-order valence-corrected chi connectivity index (χ0v) is 18.8. The number of carbonyl (C=O) groups is 1. The number of aliphatic imine (C=N–C) groups is 1. The Labute approximate surface area is 196 Å². The number of amides is 1. The molecule has 34 heavy (non-hydrogen) atoms. The number of hydrogen-bond donors (Lipinski definition) is 2. The molecule has 174 valence electrons. The first-order valence-electron chi connectivity index (χ1n) is 10.9. The SMILES string of the molecule is CCC1C=C(Nc2cc(Oc3cccc(C(=O)NCc4cc(F)cc(F)c4)c3C)ccn2)C=N1. The van der Waals surface area contributed by atoms with Crippen LogP contribution >= 0.6 is 0 Å². The molecule has 0 saturated heterocycles. The highest BCUT2D eigenvalue weighted by molar-refractivity contribution is 5.96. The standard InChI is InChI=1S/C26H24F2N4O2/c1-3-20-12-21(15-30-20)32-25-13-22(7-8-29-25)34-24-6-4-5-23(16(24)2)26(33)31-14-17-9-18(27)11-19(28)10-17/h4-13,15,20H,3,14H2,1-2H3,(H,29,32)(H,31,33). The summed E-state index contributed by atoms with van der Waals surface area (Å²) in [5, 5.41) is 5.91. The van der Waals surface area contributed by atoms with Crippen LogP contribution in [0.4, 0.5) is 14.6 Å². The van der Waals surface area contributed by atoms with Crippen molar-refractivity contribution in [1.82, 2.24) is 10.3 Å². The smallest absolute Gasteiger partial charge is 0.251 e. The lowest BCUT2D eigenvalue weighted by Crippen LogP contribution is -2.23. The number of hydrogen-bond acceptors (Lipinski definition) is 5. The van der Waals surface area contributed by atoms with Gasteiger partial charge in [-0.3, -0.25) is 9.79 Å². The molecule has 1 unspecified atom stereocenters. The molecule has 8 heteroatoms. The van der Waals surface area contributed by atoms with Crippen molar-refractivity contribution in [3.63, 3.8) is 0 Å². The van der Waals surface area contributed by atoms with Gasteiger partial charge in [0.15, 0.2) is 0 Å². The molecule has 2 N–H and O–H groups in total. The van der Waals surface area contributed by atoms with Gasteiger partial charge in [-0.25, -0.2) is 13.8 Å². The van der Waals surface area contributed by atoms with E-state index in [1.165, 1.54) is 12.1 Å². The van der Waals surface area contributed by atoms with E-state index in [4.69, 9.17) is 4.74 Å². The van der Waals surface area contributed by atoms with Gasteiger partial charge in [0.2, 0.25) is 0 Å². The minimum absolute atomic E-state index is 0.00450. The third-order valence-corrected chi connectivity index (χ3v) is 5.33. The summed E-state index contributed by atoms with van der Waals surface area (Å²) < 4.78 is 32.8. The summed E-state index contributed by atoms with van der Waals surface area (Å²) in [6, 6.07) is 12.0. The summed E-state index contributed by atoms with van der Waals surface area (Å²) in [6.07, 6.45) is 6.39. The van der Waals surface area contributed by atoms with Gasteiger partial charge >= 0.3 is 0 Å². The molecule has 1 aliphatic rings. The maximum Gasteiger partial charge on any atom is 0.251 e. The van der Waals surface area contributed by atoms with E-state index in [0.29, 0.717) is 34.0 Å². The lowest BCUT2D eigenvalue weighted by atomic mass is 10.1. The molecule has 6 nitrogen and oxygen atoms in total. The summed E-state index contributed by atoms with van der Waals surface area (Å²) >= 11 is 0. The number of halogens is 2. The lowest BCUT2D eigenvalue weighted by Gasteiger charge is -2.13. The molecule has 4 rings (SSSR count). The van der Waals surface area contributed by atoms with Gasteiger partial charge in [-0.2, -0.15) is 0 Å². The molecule has 2 heterocycles. The van der Waals surface area contributed by atoms with Crippen LogP contribution in [0.2, 0.25) is 0 Å². The molecule has 2 aromatic carbocycles. The third-order valence-electron chi connectivity index (χ3n) is 5.33. The fourth-order valence-corrected chi connectivity index (χ4v) is 3.55. The summed E-state index contributed by atoms with van der Waals surface area (Å²) in [5.74, 6) is -0.0822. The van der Waals surface area contributed by atoms with Crippen molar-refractivity contribution in [2.45, 2.75) is 32.9 Å². The quantitative estimate of drug-likeness (QED) is 0.460. The monoisotopic (exact) mass is 462 g/mol. The first kappa shape index (κ1) is 23.1. The highest BCUT2D eigenvalue weighted by atomic mass is 19.1. The van der Waals surface area contributed by atoms with Crippen LogP contribution in [0, 0.1) is 18.6 Å². The molecule has 0 aliphatic carbocycles. The minimum atomic E-state index is -0.691. The van der Waals surface area contributed by atoms with Crippen LogP contribution in [0.15, 0.2) is 71.5 Å². The van der Waals surface area contributed by atoms with Crippen molar-refractivity contribution >= 4 is 17.9 Å². The minimum Gasteiger partial charge on any atom is -0.457 e. The predicted octanol–water partition coefficient (Wildman–Crippen LogP) is 5.55. The van der Waals surface area contributed by atoms with Gasteiger partial charge in [-0.1, -0.05) is 13.0 Å². The Kier molecular flexibility index (Phi) is 6.96. The van der Waals surface area contributed by atoms with Crippen molar-refractivity contribution in [1.29, 1.82) is 0 Å². The van der Waals surface area contributed by atoms with Crippen LogP contribution < -0.4 is 15.4 Å². The number of rotatable bonds is 8. The zero-order chi connectivity index (χ0) is 24.1. The number of aromatic nitrogens is 1. The van der Waals surface area contributed by atoms with Crippen molar-refractivity contribution in [2.24, 2.45) is 4.99 Å². The van der Waals surface area contributed by atoms with Crippen LogP contribution in [0.1, 0.15) is 34.8 Å². The Morgan fingerprint density at radius 1 is 1.12 bits per heavy atom. The summed E-state index contributed by atoms with van der Waals surface area (Å²) in [5.41, 5.74) is 2.25. The van der Waals surface area contributed by atoms with Crippen LogP contribution in [0.5, 0.6) is 11.5 Å². The van der Waals surface area contributed by atoms with E-state index in [9.17, 15) is 13.6 Å². The van der Waals surface area contributed by atoms with E-state index in [-0.39, 0.29) is 18.5 Å². The molecule has 1 amide bonds. The van der Waals surface area contributed by atoms with Crippen LogP contribution in [0.25, 0.3) is 0 Å². The molecule has 1 atom stereocenters. The molecule has 0 spiro atoms. The number of allylic oxidation sites excluding steroid dienone is 1. The number of benzene rings is 2. The van der Waals surface area contributed by atoms with E-state index >= 15 is 0 Å². The fourth-order valence-electron chi connectivity index (χ4n) is 3.55.